The molecular weight excluding hydrogens is 361 g/mol. The molecule has 1 N–H and O–H groups in total. The normalized spacial score (nSPS) is 20.9. The van der Waals surface area contributed by atoms with E-state index in [2.05, 4.69) is 4.98 Å². The fraction of sp³-hybridized carbons (Fsp3) is 0.400. The number of carboxylic acids is 1. The highest BCUT2D eigenvalue weighted by Crippen LogP contribution is 2.38. The molecule has 1 aliphatic rings. The minimum atomic E-state index is -4.69. The van der Waals surface area contributed by atoms with E-state index in [0.717, 1.165) is 4.90 Å². The van der Waals surface area contributed by atoms with Gasteiger partial charge in [0.05, 0.1) is 18.1 Å². The average Bonchev–Trinajstić information content (AvgIpc) is 3.24. The van der Waals surface area contributed by atoms with Gasteiger partial charge in [-0.25, -0.2) is 4.98 Å². The minimum Gasteiger partial charge on any atom is -0.481 e. The van der Waals surface area contributed by atoms with E-state index >= 15 is 0 Å². The quantitative estimate of drug-likeness (QED) is 0.893. The van der Waals surface area contributed by atoms with Crippen LogP contribution in [-0.2, 0) is 4.79 Å². The fourth-order valence-corrected chi connectivity index (χ4v) is 3.68. The lowest BCUT2D eigenvalue weighted by atomic mass is 9.96. The van der Waals surface area contributed by atoms with Crippen molar-refractivity contribution in [1.82, 2.24) is 9.88 Å². The summed E-state index contributed by atoms with van der Waals surface area (Å²) in [5, 5.41) is 9.47. The van der Waals surface area contributed by atoms with Gasteiger partial charge in [-0.05, 0) is 19.1 Å². The minimum absolute atomic E-state index is 0.0170. The van der Waals surface area contributed by atoms with Crippen LogP contribution in [0, 0.1) is 18.8 Å². The summed E-state index contributed by atoms with van der Waals surface area (Å²) in [5.74, 6) is -5.58. The molecule has 6 nitrogen and oxygen atoms in total. The van der Waals surface area contributed by atoms with Crippen LogP contribution in [0.5, 0.6) is 0 Å². The smallest absolute Gasteiger partial charge is 0.394 e. The molecule has 25 heavy (non-hydrogen) atoms. The second-order valence-electron chi connectivity index (χ2n) is 5.70. The highest BCUT2D eigenvalue weighted by Gasteiger charge is 2.53. The third-order valence-electron chi connectivity index (χ3n) is 4.08. The van der Waals surface area contributed by atoms with Crippen LogP contribution in [0.3, 0.4) is 0 Å². The maximum absolute atomic E-state index is 13.1. The third-order valence-corrected chi connectivity index (χ3v) is 5.06. The fourth-order valence-electron chi connectivity index (χ4n) is 2.80. The number of carbonyl (C=O) groups is 2. The zero-order valence-electron chi connectivity index (χ0n) is 12.9. The maximum atomic E-state index is 13.1. The second kappa shape index (κ2) is 6.17. The Labute approximate surface area is 143 Å². The summed E-state index contributed by atoms with van der Waals surface area (Å²) in [7, 11) is 0. The number of hydrogen-bond acceptors (Lipinski definition) is 5. The third kappa shape index (κ3) is 3.26. The van der Waals surface area contributed by atoms with Crippen molar-refractivity contribution in [2.45, 2.75) is 13.1 Å². The van der Waals surface area contributed by atoms with Gasteiger partial charge in [0, 0.05) is 18.0 Å². The Balaban J connectivity index is 1.86. The van der Waals surface area contributed by atoms with Crippen molar-refractivity contribution in [2.75, 3.05) is 13.1 Å². The molecule has 3 rings (SSSR count). The standard InChI is InChI=1S/C15H13F3N2O4S/c1-7-11(19-12(25-7)10-3-2-4-24-10)13(21)20-5-8(14(22)23)9(6-20)15(16,17)18/h2-4,8-9H,5-6H2,1H3,(H,22,23)/t8-,9-/m1/s1. The monoisotopic (exact) mass is 374 g/mol. The molecule has 0 aliphatic carbocycles. The van der Waals surface area contributed by atoms with Gasteiger partial charge in [-0.2, -0.15) is 13.2 Å². The van der Waals surface area contributed by atoms with Gasteiger partial charge < -0.3 is 14.4 Å². The predicted octanol–water partition coefficient (Wildman–Crippen LogP) is 3.05. The zero-order chi connectivity index (χ0) is 18.4. The van der Waals surface area contributed by atoms with Gasteiger partial charge in [-0.3, -0.25) is 9.59 Å². The Morgan fingerprint density at radius 3 is 2.64 bits per heavy atom. The van der Waals surface area contributed by atoms with E-state index in [9.17, 15) is 22.8 Å². The largest absolute Gasteiger partial charge is 0.481 e. The number of hydrogen-bond donors (Lipinski definition) is 1. The molecule has 3 heterocycles. The molecule has 10 heteroatoms. The molecule has 134 valence electrons. The Bertz CT molecular complexity index is 800. The lowest BCUT2D eigenvalue weighted by Gasteiger charge is -2.18. The summed E-state index contributed by atoms with van der Waals surface area (Å²) in [6, 6.07) is 3.31. The first kappa shape index (κ1) is 17.5. The van der Waals surface area contributed by atoms with Crippen molar-refractivity contribution in [2.24, 2.45) is 11.8 Å². The summed E-state index contributed by atoms with van der Waals surface area (Å²) in [5.41, 5.74) is 0.0170. The van der Waals surface area contributed by atoms with Crippen LogP contribution < -0.4 is 0 Å². The molecule has 1 saturated heterocycles. The summed E-state index contributed by atoms with van der Waals surface area (Å²) >= 11 is 1.18. The lowest BCUT2D eigenvalue weighted by molar-refractivity contribution is -0.187. The van der Waals surface area contributed by atoms with Gasteiger partial charge >= 0.3 is 12.1 Å². The first-order valence-electron chi connectivity index (χ1n) is 7.28. The number of aliphatic carboxylic acids is 1. The van der Waals surface area contributed by atoms with E-state index in [4.69, 9.17) is 9.52 Å². The number of amides is 1. The van der Waals surface area contributed by atoms with Gasteiger partial charge in [-0.1, -0.05) is 0 Å². The highest BCUT2D eigenvalue weighted by molar-refractivity contribution is 7.15. The number of carboxylic acid groups (broad SMARTS) is 1. The molecule has 1 amide bonds. The lowest BCUT2D eigenvalue weighted by Crippen LogP contribution is -2.34. The molecule has 2 aromatic heterocycles. The maximum Gasteiger partial charge on any atom is 0.394 e. The molecule has 0 aromatic carbocycles. The van der Waals surface area contributed by atoms with Gasteiger partial charge in [0.15, 0.2) is 10.8 Å². The van der Waals surface area contributed by atoms with E-state index in [-0.39, 0.29) is 5.69 Å². The molecule has 0 spiro atoms. The average molecular weight is 374 g/mol. The number of carbonyl (C=O) groups excluding carboxylic acids is 1. The molecule has 2 aromatic rings. The van der Waals surface area contributed by atoms with Gasteiger partial charge in [0.1, 0.15) is 5.69 Å². The van der Waals surface area contributed by atoms with Crippen LogP contribution in [0.15, 0.2) is 22.8 Å². The topological polar surface area (TPSA) is 83.6 Å². The van der Waals surface area contributed by atoms with Gasteiger partial charge in [-0.15, -0.1) is 11.3 Å². The second-order valence-corrected chi connectivity index (χ2v) is 6.91. The molecule has 2 atom stereocenters. The van der Waals surface area contributed by atoms with Crippen molar-refractivity contribution in [1.29, 1.82) is 0 Å². The van der Waals surface area contributed by atoms with E-state index < -0.39 is 43.0 Å². The van der Waals surface area contributed by atoms with Crippen LogP contribution in [0.1, 0.15) is 15.4 Å². The first-order valence-corrected chi connectivity index (χ1v) is 8.10. The van der Waals surface area contributed by atoms with E-state index in [1.807, 2.05) is 0 Å². The van der Waals surface area contributed by atoms with Crippen LogP contribution in [-0.4, -0.2) is 46.1 Å². The van der Waals surface area contributed by atoms with E-state index in [1.54, 1.807) is 19.1 Å². The zero-order valence-corrected chi connectivity index (χ0v) is 13.7. The Morgan fingerprint density at radius 2 is 2.12 bits per heavy atom. The first-order chi connectivity index (χ1) is 11.7. The van der Waals surface area contributed by atoms with Crippen LogP contribution in [0.4, 0.5) is 13.2 Å². The molecular formula is C15H13F3N2O4S. The van der Waals surface area contributed by atoms with E-state index in [1.165, 1.54) is 17.6 Å². The number of aromatic nitrogens is 1. The van der Waals surface area contributed by atoms with Gasteiger partial charge in [0.25, 0.3) is 5.91 Å². The van der Waals surface area contributed by atoms with Crippen LogP contribution >= 0.6 is 11.3 Å². The summed E-state index contributed by atoms with van der Waals surface area (Å²) in [4.78, 5) is 29.3. The number of aryl methyl sites for hydroxylation is 1. The summed E-state index contributed by atoms with van der Waals surface area (Å²) in [6.07, 6.45) is -3.24. The predicted molar refractivity (Wildman–Crippen MR) is 81.1 cm³/mol. The number of rotatable bonds is 3. The molecule has 0 saturated carbocycles. The summed E-state index contributed by atoms with van der Waals surface area (Å²) in [6.45, 7) is 0.446. The molecule has 1 fully saturated rings. The van der Waals surface area contributed by atoms with Crippen molar-refractivity contribution in [3.63, 3.8) is 0 Å². The number of thiazole rings is 1. The highest BCUT2D eigenvalue weighted by atomic mass is 32.1. The SMILES string of the molecule is Cc1sc(-c2ccco2)nc1C(=O)N1C[C@@H](C(F)(F)F)[C@H](C(=O)O)C1. The van der Waals surface area contributed by atoms with Gasteiger partial charge in [0.2, 0.25) is 0 Å². The Morgan fingerprint density at radius 1 is 1.40 bits per heavy atom. The summed E-state index contributed by atoms with van der Waals surface area (Å²) < 4.78 is 44.4. The van der Waals surface area contributed by atoms with Crippen LogP contribution in [0.2, 0.25) is 0 Å². The van der Waals surface area contributed by atoms with E-state index in [0.29, 0.717) is 15.6 Å². The Kier molecular flexibility index (Phi) is 4.31. The molecule has 0 bridgehead atoms. The van der Waals surface area contributed by atoms with Crippen molar-refractivity contribution < 1.29 is 32.3 Å². The van der Waals surface area contributed by atoms with Crippen molar-refractivity contribution >= 4 is 23.2 Å². The molecule has 0 radical (unpaired) electrons. The Hall–Kier alpha value is -2.36. The molecule has 1 aliphatic heterocycles. The number of alkyl halides is 3. The van der Waals surface area contributed by atoms with Crippen molar-refractivity contribution in [3.8, 4) is 10.8 Å². The number of furan rings is 1. The number of likely N-dealkylation sites (tertiary alicyclic amines) is 1. The van der Waals surface area contributed by atoms with Crippen molar-refractivity contribution in [3.05, 3.63) is 29.0 Å². The number of nitrogens with zero attached hydrogens (tertiary/aromatic N) is 2. The molecule has 0 unspecified atom stereocenters. The van der Waals surface area contributed by atoms with Crippen LogP contribution in [0.25, 0.3) is 10.8 Å². The number of halogens is 3.